The fraction of sp³-hybridized carbons (Fsp3) is 0. The molecule has 1 N–H and O–H groups in total. The van der Waals surface area contributed by atoms with Gasteiger partial charge in [-0.1, -0.05) is 36.4 Å². The standard InChI is InChI=1S/C18H11NO5S/c20-17-13-8-4-5-11-9-10-14(16(15(11)13)18(21)19-17)24-25(22,23)12-6-2-1-3-7-12/h1-10H,(H,19,20,21). The molecule has 4 rings (SSSR count). The Bertz CT molecular complexity index is 1140. The number of hydrogen-bond acceptors (Lipinski definition) is 5. The molecule has 124 valence electrons. The van der Waals surface area contributed by atoms with E-state index in [0.717, 1.165) is 0 Å². The molecule has 0 unspecified atom stereocenters. The van der Waals surface area contributed by atoms with Crippen LogP contribution in [0.5, 0.6) is 5.75 Å². The Balaban J connectivity index is 1.92. The van der Waals surface area contributed by atoms with Gasteiger partial charge in [-0.3, -0.25) is 14.9 Å². The minimum atomic E-state index is -4.11. The van der Waals surface area contributed by atoms with Crippen LogP contribution in [0.3, 0.4) is 0 Å². The highest BCUT2D eigenvalue weighted by Gasteiger charge is 2.30. The van der Waals surface area contributed by atoms with Gasteiger partial charge in [0.2, 0.25) is 0 Å². The number of imide groups is 1. The van der Waals surface area contributed by atoms with Crippen molar-refractivity contribution in [1.82, 2.24) is 5.32 Å². The fourth-order valence-corrected chi connectivity index (χ4v) is 3.79. The summed E-state index contributed by atoms with van der Waals surface area (Å²) in [6, 6.07) is 15.7. The Morgan fingerprint density at radius 2 is 1.56 bits per heavy atom. The highest BCUT2D eigenvalue weighted by Crippen LogP contribution is 2.34. The largest absolute Gasteiger partial charge is 0.378 e. The summed E-state index contributed by atoms with van der Waals surface area (Å²) in [5, 5.41) is 3.25. The number of carbonyl (C=O) groups excluding carboxylic acids is 2. The van der Waals surface area contributed by atoms with Crippen molar-refractivity contribution < 1.29 is 22.2 Å². The molecule has 7 heteroatoms. The summed E-state index contributed by atoms with van der Waals surface area (Å²) in [5.74, 6) is -1.33. The van der Waals surface area contributed by atoms with Crippen molar-refractivity contribution >= 4 is 32.7 Å². The average molecular weight is 353 g/mol. The van der Waals surface area contributed by atoms with Crippen molar-refractivity contribution in [2.75, 3.05) is 0 Å². The minimum absolute atomic E-state index is 0.0251. The molecule has 2 amide bonds. The van der Waals surface area contributed by atoms with Crippen molar-refractivity contribution in [3.05, 3.63) is 71.8 Å². The lowest BCUT2D eigenvalue weighted by atomic mass is 9.94. The molecule has 1 heterocycles. The summed E-state index contributed by atoms with van der Waals surface area (Å²) in [6.45, 7) is 0. The summed E-state index contributed by atoms with van der Waals surface area (Å²) in [6.07, 6.45) is 0. The molecule has 1 aliphatic rings. The van der Waals surface area contributed by atoms with Crippen LogP contribution in [0, 0.1) is 0 Å². The van der Waals surface area contributed by atoms with Gasteiger partial charge in [-0.05, 0) is 29.7 Å². The Morgan fingerprint density at radius 3 is 2.32 bits per heavy atom. The third-order valence-electron chi connectivity index (χ3n) is 3.94. The second-order valence-electron chi connectivity index (χ2n) is 5.48. The van der Waals surface area contributed by atoms with Gasteiger partial charge in [0, 0.05) is 10.9 Å². The second kappa shape index (κ2) is 5.42. The molecule has 0 aliphatic carbocycles. The van der Waals surface area contributed by atoms with E-state index in [4.69, 9.17) is 4.18 Å². The fourth-order valence-electron chi connectivity index (χ4n) is 2.83. The molecule has 25 heavy (non-hydrogen) atoms. The second-order valence-corrected chi connectivity index (χ2v) is 7.02. The molecule has 0 spiro atoms. The Kier molecular flexibility index (Phi) is 3.33. The number of nitrogens with one attached hydrogen (secondary N) is 1. The van der Waals surface area contributed by atoms with Crippen LogP contribution in [-0.2, 0) is 10.1 Å². The normalized spacial score (nSPS) is 13.6. The lowest BCUT2D eigenvalue weighted by Gasteiger charge is -2.19. The van der Waals surface area contributed by atoms with Gasteiger partial charge in [-0.25, -0.2) is 0 Å². The summed E-state index contributed by atoms with van der Waals surface area (Å²) in [7, 11) is -4.11. The van der Waals surface area contributed by atoms with Crippen molar-refractivity contribution in [2.24, 2.45) is 0 Å². The SMILES string of the molecule is O=C1NC(=O)c2c(OS(=O)(=O)c3ccccc3)ccc3cccc1c23. The number of hydrogen-bond donors (Lipinski definition) is 1. The van der Waals surface area contributed by atoms with E-state index in [1.807, 2.05) is 0 Å². The smallest absolute Gasteiger partial charge is 0.339 e. The predicted octanol–water partition coefficient (Wildman–Crippen LogP) is 2.49. The Hall–Kier alpha value is -3.19. The number of benzene rings is 3. The minimum Gasteiger partial charge on any atom is -0.378 e. The molecule has 1 aliphatic heterocycles. The molecular weight excluding hydrogens is 342 g/mol. The van der Waals surface area contributed by atoms with Gasteiger partial charge in [-0.15, -0.1) is 0 Å². The van der Waals surface area contributed by atoms with Crippen molar-refractivity contribution in [2.45, 2.75) is 4.90 Å². The third-order valence-corrected chi connectivity index (χ3v) is 5.19. The summed E-state index contributed by atoms with van der Waals surface area (Å²) < 4.78 is 30.1. The maximum Gasteiger partial charge on any atom is 0.339 e. The van der Waals surface area contributed by atoms with Crippen molar-refractivity contribution in [3.8, 4) is 5.75 Å². The molecule has 6 nitrogen and oxygen atoms in total. The third kappa shape index (κ3) is 2.45. The van der Waals surface area contributed by atoms with Crippen LogP contribution in [0.25, 0.3) is 10.8 Å². The maximum absolute atomic E-state index is 12.5. The van der Waals surface area contributed by atoms with Crippen LogP contribution in [-0.4, -0.2) is 20.2 Å². The lowest BCUT2D eigenvalue weighted by Crippen LogP contribution is -2.35. The molecular formula is C18H11NO5S. The summed E-state index contributed by atoms with van der Waals surface area (Å²) >= 11 is 0. The van der Waals surface area contributed by atoms with E-state index in [-0.39, 0.29) is 16.2 Å². The maximum atomic E-state index is 12.5. The van der Waals surface area contributed by atoms with Gasteiger partial charge in [-0.2, -0.15) is 8.42 Å². The zero-order valence-electron chi connectivity index (χ0n) is 12.7. The van der Waals surface area contributed by atoms with E-state index in [2.05, 4.69) is 5.32 Å². The molecule has 0 saturated heterocycles. The number of carbonyl (C=O) groups is 2. The van der Waals surface area contributed by atoms with Crippen LogP contribution < -0.4 is 9.50 Å². The first-order chi connectivity index (χ1) is 12.0. The van der Waals surface area contributed by atoms with E-state index >= 15 is 0 Å². The highest BCUT2D eigenvalue weighted by atomic mass is 32.2. The van der Waals surface area contributed by atoms with Crippen molar-refractivity contribution in [3.63, 3.8) is 0 Å². The predicted molar refractivity (Wildman–Crippen MR) is 90.0 cm³/mol. The highest BCUT2D eigenvalue weighted by molar-refractivity contribution is 7.87. The molecule has 3 aromatic rings. The van der Waals surface area contributed by atoms with Gasteiger partial charge < -0.3 is 4.18 Å². The zero-order valence-corrected chi connectivity index (χ0v) is 13.5. The molecule has 0 fully saturated rings. The Labute approximate surface area is 143 Å². The van der Waals surface area contributed by atoms with E-state index in [1.54, 1.807) is 42.5 Å². The van der Waals surface area contributed by atoms with Gasteiger partial charge in [0.1, 0.15) is 4.90 Å². The quantitative estimate of drug-likeness (QED) is 0.577. The van der Waals surface area contributed by atoms with Crippen LogP contribution in [0.2, 0.25) is 0 Å². The monoisotopic (exact) mass is 353 g/mol. The molecule has 3 aromatic carbocycles. The Morgan fingerprint density at radius 1 is 0.800 bits per heavy atom. The molecule has 0 bridgehead atoms. The van der Waals surface area contributed by atoms with Crippen LogP contribution >= 0.6 is 0 Å². The van der Waals surface area contributed by atoms with E-state index in [1.165, 1.54) is 18.2 Å². The van der Waals surface area contributed by atoms with Crippen LogP contribution in [0.4, 0.5) is 0 Å². The van der Waals surface area contributed by atoms with E-state index in [0.29, 0.717) is 16.3 Å². The first kappa shape index (κ1) is 15.3. The summed E-state index contributed by atoms with van der Waals surface area (Å²) in [5.41, 5.74) is 0.335. The number of rotatable bonds is 3. The lowest BCUT2D eigenvalue weighted by molar-refractivity contribution is 0.0844. The topological polar surface area (TPSA) is 89.5 Å². The van der Waals surface area contributed by atoms with Crippen LogP contribution in [0.15, 0.2) is 65.6 Å². The molecule has 0 saturated carbocycles. The van der Waals surface area contributed by atoms with Gasteiger partial charge in [0.05, 0.1) is 5.56 Å². The van der Waals surface area contributed by atoms with E-state index < -0.39 is 21.9 Å². The van der Waals surface area contributed by atoms with Crippen LogP contribution in [0.1, 0.15) is 20.7 Å². The van der Waals surface area contributed by atoms with E-state index in [9.17, 15) is 18.0 Å². The first-order valence-corrected chi connectivity index (χ1v) is 8.79. The van der Waals surface area contributed by atoms with Gasteiger partial charge in [0.15, 0.2) is 5.75 Å². The van der Waals surface area contributed by atoms with Crippen molar-refractivity contribution in [1.29, 1.82) is 0 Å². The molecule has 0 radical (unpaired) electrons. The van der Waals surface area contributed by atoms with Gasteiger partial charge in [0.25, 0.3) is 11.8 Å². The molecule has 0 aromatic heterocycles. The zero-order chi connectivity index (χ0) is 17.6. The number of amides is 2. The summed E-state index contributed by atoms with van der Waals surface area (Å²) in [4.78, 5) is 24.3. The first-order valence-electron chi connectivity index (χ1n) is 7.38. The average Bonchev–Trinajstić information content (AvgIpc) is 2.60. The molecule has 0 atom stereocenters. The van der Waals surface area contributed by atoms with Gasteiger partial charge >= 0.3 is 10.1 Å².